The first-order valence-corrected chi connectivity index (χ1v) is 6.17. The highest BCUT2D eigenvalue weighted by atomic mass is 32.1. The summed E-state index contributed by atoms with van der Waals surface area (Å²) in [6, 6.07) is 0. The lowest BCUT2D eigenvalue weighted by Crippen LogP contribution is -2.14. The molecule has 1 N–H and O–H groups in total. The Morgan fingerprint density at radius 2 is 2.24 bits per heavy atom. The largest absolute Gasteiger partial charge is 0.465 e. The molecular formula is C11H18N2O3S. The lowest BCUT2D eigenvalue weighted by Gasteiger charge is -2.05. The van der Waals surface area contributed by atoms with E-state index in [0.29, 0.717) is 17.2 Å². The van der Waals surface area contributed by atoms with E-state index < -0.39 is 0 Å². The molecule has 0 amide bonds. The number of hydrogen-bond acceptors (Lipinski definition) is 6. The highest BCUT2D eigenvalue weighted by molar-refractivity contribution is 7.13. The fourth-order valence-corrected chi connectivity index (χ4v) is 2.50. The van der Waals surface area contributed by atoms with Crippen molar-refractivity contribution in [1.29, 1.82) is 0 Å². The first-order chi connectivity index (χ1) is 8.13. The predicted molar refractivity (Wildman–Crippen MR) is 66.5 cm³/mol. The van der Waals surface area contributed by atoms with Crippen LogP contribution in [0.4, 0.5) is 0 Å². The molecule has 96 valence electrons. The van der Waals surface area contributed by atoms with Crippen molar-refractivity contribution in [3.63, 3.8) is 0 Å². The number of esters is 1. The third-order valence-corrected chi connectivity index (χ3v) is 3.61. The summed E-state index contributed by atoms with van der Waals surface area (Å²) in [5.74, 6) is -0.0866. The summed E-state index contributed by atoms with van der Waals surface area (Å²) in [5, 5.41) is 4.01. The van der Waals surface area contributed by atoms with E-state index in [1.54, 1.807) is 7.11 Å². The topological polar surface area (TPSA) is 60.5 Å². The van der Waals surface area contributed by atoms with E-state index in [4.69, 9.17) is 9.47 Å². The molecule has 1 heterocycles. The van der Waals surface area contributed by atoms with Crippen molar-refractivity contribution >= 4 is 17.3 Å². The van der Waals surface area contributed by atoms with E-state index in [-0.39, 0.29) is 11.9 Å². The van der Waals surface area contributed by atoms with Crippen molar-refractivity contribution in [3.8, 4) is 0 Å². The number of hydrogen-bond donors (Lipinski definition) is 1. The second kappa shape index (κ2) is 6.68. The minimum Gasteiger partial charge on any atom is -0.465 e. The minimum atomic E-state index is -0.350. The van der Waals surface area contributed by atoms with Crippen molar-refractivity contribution in [2.24, 2.45) is 0 Å². The lowest BCUT2D eigenvalue weighted by molar-refractivity contribution is 0.0601. The fraction of sp³-hybridized carbons (Fsp3) is 0.636. The van der Waals surface area contributed by atoms with Gasteiger partial charge in [-0.05, 0) is 7.05 Å². The van der Waals surface area contributed by atoms with Gasteiger partial charge in [-0.3, -0.25) is 0 Å². The smallest absolute Gasteiger partial charge is 0.350 e. The first kappa shape index (κ1) is 14.1. The van der Waals surface area contributed by atoms with E-state index >= 15 is 0 Å². The Labute approximate surface area is 105 Å². The van der Waals surface area contributed by atoms with Crippen LogP contribution in [0.1, 0.15) is 33.2 Å². The van der Waals surface area contributed by atoms with Gasteiger partial charge in [0.15, 0.2) is 0 Å². The molecule has 0 aliphatic heterocycles. The molecule has 0 aliphatic rings. The average Bonchev–Trinajstić information content (AvgIpc) is 2.73. The maximum absolute atomic E-state index is 11.6. The molecule has 0 fully saturated rings. The number of ether oxygens (including phenoxy) is 2. The van der Waals surface area contributed by atoms with Crippen molar-refractivity contribution in [3.05, 3.63) is 15.6 Å². The molecule has 6 heteroatoms. The second-order valence-corrected chi connectivity index (χ2v) is 4.74. The number of nitrogens with one attached hydrogen (secondary N) is 1. The van der Waals surface area contributed by atoms with Gasteiger partial charge in [-0.2, -0.15) is 0 Å². The van der Waals surface area contributed by atoms with Gasteiger partial charge >= 0.3 is 5.97 Å². The standard InChI is InChI=1S/C11H18N2O3S/c1-7(5-12-2)10-13-8(6-15-3)9(17-10)11(14)16-4/h7,12H,5-6H2,1-4H3. The van der Waals surface area contributed by atoms with E-state index in [0.717, 1.165) is 11.6 Å². The normalized spacial score (nSPS) is 12.5. The summed E-state index contributed by atoms with van der Waals surface area (Å²) >= 11 is 1.37. The van der Waals surface area contributed by atoms with Gasteiger partial charge in [0.05, 0.1) is 24.4 Å². The number of thiazole rings is 1. The molecule has 0 spiro atoms. The van der Waals surface area contributed by atoms with Crippen molar-refractivity contribution in [2.45, 2.75) is 19.4 Å². The SMILES string of the molecule is CNCC(C)c1nc(COC)c(C(=O)OC)s1. The summed E-state index contributed by atoms with van der Waals surface area (Å²) in [6.45, 7) is 3.21. The van der Waals surface area contributed by atoms with Crippen LogP contribution < -0.4 is 5.32 Å². The Morgan fingerprint density at radius 1 is 1.53 bits per heavy atom. The molecule has 1 atom stereocenters. The third kappa shape index (κ3) is 3.49. The Morgan fingerprint density at radius 3 is 2.76 bits per heavy atom. The first-order valence-electron chi connectivity index (χ1n) is 5.35. The van der Waals surface area contributed by atoms with Crippen LogP contribution in [0.25, 0.3) is 0 Å². The molecule has 0 bridgehead atoms. The van der Waals surface area contributed by atoms with Crippen LogP contribution in [0, 0.1) is 0 Å². The van der Waals surface area contributed by atoms with E-state index in [9.17, 15) is 4.79 Å². The van der Waals surface area contributed by atoms with Crippen LogP contribution >= 0.6 is 11.3 Å². The fourth-order valence-electron chi connectivity index (χ4n) is 1.46. The van der Waals surface area contributed by atoms with Gasteiger partial charge in [0, 0.05) is 19.6 Å². The molecule has 1 rings (SSSR count). The summed E-state index contributed by atoms with van der Waals surface area (Å²) < 4.78 is 9.77. The Kier molecular flexibility index (Phi) is 5.54. The zero-order valence-corrected chi connectivity index (χ0v) is 11.4. The zero-order valence-electron chi connectivity index (χ0n) is 10.6. The monoisotopic (exact) mass is 258 g/mol. The number of methoxy groups -OCH3 is 2. The molecule has 0 aromatic carbocycles. The van der Waals surface area contributed by atoms with Crippen LogP contribution in [0.3, 0.4) is 0 Å². The zero-order chi connectivity index (χ0) is 12.8. The van der Waals surface area contributed by atoms with Crippen LogP contribution in [-0.2, 0) is 16.1 Å². The van der Waals surface area contributed by atoms with Crippen molar-refractivity contribution < 1.29 is 14.3 Å². The van der Waals surface area contributed by atoms with Crippen LogP contribution in [0.15, 0.2) is 0 Å². The van der Waals surface area contributed by atoms with E-state index in [1.165, 1.54) is 18.4 Å². The molecule has 1 aromatic rings. The Balaban J connectivity index is 2.98. The van der Waals surface area contributed by atoms with Crippen molar-refractivity contribution in [2.75, 3.05) is 27.8 Å². The molecule has 0 saturated carbocycles. The van der Waals surface area contributed by atoms with Crippen LogP contribution in [0.2, 0.25) is 0 Å². The maximum Gasteiger partial charge on any atom is 0.350 e. The molecule has 17 heavy (non-hydrogen) atoms. The Bertz CT molecular complexity index is 379. The number of aromatic nitrogens is 1. The lowest BCUT2D eigenvalue weighted by atomic mass is 10.2. The molecule has 1 unspecified atom stereocenters. The van der Waals surface area contributed by atoms with Gasteiger partial charge in [-0.25, -0.2) is 9.78 Å². The van der Waals surface area contributed by atoms with Crippen molar-refractivity contribution in [1.82, 2.24) is 10.3 Å². The number of rotatable bonds is 6. The Hall–Kier alpha value is -0.980. The van der Waals surface area contributed by atoms with Gasteiger partial charge in [0.25, 0.3) is 0 Å². The molecule has 1 aromatic heterocycles. The highest BCUT2D eigenvalue weighted by Gasteiger charge is 2.20. The second-order valence-electron chi connectivity index (χ2n) is 3.71. The number of carbonyl (C=O) groups excluding carboxylic acids is 1. The van der Waals surface area contributed by atoms with Gasteiger partial charge in [0.1, 0.15) is 4.88 Å². The molecule has 0 saturated heterocycles. The van der Waals surface area contributed by atoms with Crippen LogP contribution in [0.5, 0.6) is 0 Å². The van der Waals surface area contributed by atoms with Gasteiger partial charge in [-0.1, -0.05) is 6.92 Å². The number of nitrogens with zero attached hydrogens (tertiary/aromatic N) is 1. The van der Waals surface area contributed by atoms with Gasteiger partial charge in [-0.15, -0.1) is 11.3 Å². The maximum atomic E-state index is 11.6. The predicted octanol–water partition coefficient (Wildman–Crippen LogP) is 1.40. The number of carbonyl (C=O) groups is 1. The average molecular weight is 258 g/mol. The highest BCUT2D eigenvalue weighted by Crippen LogP contribution is 2.26. The van der Waals surface area contributed by atoms with Gasteiger partial charge < -0.3 is 14.8 Å². The molecule has 0 radical (unpaired) electrons. The quantitative estimate of drug-likeness (QED) is 0.782. The summed E-state index contributed by atoms with van der Waals surface area (Å²) in [6.07, 6.45) is 0. The third-order valence-electron chi connectivity index (χ3n) is 2.30. The molecule has 5 nitrogen and oxygen atoms in total. The molecular weight excluding hydrogens is 240 g/mol. The van der Waals surface area contributed by atoms with Crippen LogP contribution in [-0.4, -0.2) is 38.8 Å². The molecule has 0 aliphatic carbocycles. The van der Waals surface area contributed by atoms with E-state index in [2.05, 4.69) is 17.2 Å². The minimum absolute atomic E-state index is 0.263. The van der Waals surface area contributed by atoms with E-state index in [1.807, 2.05) is 7.05 Å². The summed E-state index contributed by atoms with van der Waals surface area (Å²) in [7, 11) is 4.84. The van der Waals surface area contributed by atoms with Gasteiger partial charge in [0.2, 0.25) is 0 Å². The number of likely N-dealkylation sites (N-methyl/N-ethyl adjacent to an activating group) is 1. The summed E-state index contributed by atoms with van der Waals surface area (Å²) in [5.41, 5.74) is 0.655. The summed E-state index contributed by atoms with van der Waals surface area (Å²) in [4.78, 5) is 16.6.